The van der Waals surface area contributed by atoms with E-state index in [0.717, 1.165) is 48.0 Å². The largest absolute Gasteiger partial charge is 0.454 e. The minimum absolute atomic E-state index is 0.0239. The van der Waals surface area contributed by atoms with Crippen molar-refractivity contribution in [3.63, 3.8) is 0 Å². The van der Waals surface area contributed by atoms with Crippen molar-refractivity contribution in [2.24, 2.45) is 0 Å². The predicted octanol–water partition coefficient (Wildman–Crippen LogP) is 4.28. The van der Waals surface area contributed by atoms with Crippen molar-refractivity contribution >= 4 is 10.9 Å². The van der Waals surface area contributed by atoms with E-state index >= 15 is 0 Å². The van der Waals surface area contributed by atoms with Crippen molar-refractivity contribution < 1.29 is 9.47 Å². The summed E-state index contributed by atoms with van der Waals surface area (Å²) in [4.78, 5) is 18.7. The van der Waals surface area contributed by atoms with Gasteiger partial charge in [-0.1, -0.05) is 26.7 Å². The lowest BCUT2D eigenvalue weighted by molar-refractivity contribution is 0.106. The Hall–Kier alpha value is -2.94. The van der Waals surface area contributed by atoms with Gasteiger partial charge in [-0.05, 0) is 62.1 Å². The summed E-state index contributed by atoms with van der Waals surface area (Å²) in [7, 11) is 0. The molecule has 9 heteroatoms. The second-order valence-electron chi connectivity index (χ2n) is 10.1. The molecule has 5 rings (SSSR count). The minimum atomic E-state index is -0.184. The monoisotopic (exact) mass is 466 g/mol. The molecule has 1 N–H and O–H groups in total. The number of nitrogens with zero attached hydrogens (tertiary/aromatic N) is 5. The highest BCUT2D eigenvalue weighted by Gasteiger charge is 2.35. The number of aromatic nitrogens is 5. The summed E-state index contributed by atoms with van der Waals surface area (Å²) in [6.45, 7) is 9.41. The molecule has 1 saturated carbocycles. The van der Waals surface area contributed by atoms with Crippen LogP contribution in [-0.4, -0.2) is 42.9 Å². The molecule has 0 saturated heterocycles. The Morgan fingerprint density at radius 2 is 1.91 bits per heavy atom. The van der Waals surface area contributed by atoms with E-state index < -0.39 is 0 Å². The Kier molecular flexibility index (Phi) is 6.06. The van der Waals surface area contributed by atoms with Crippen LogP contribution < -0.4 is 15.0 Å². The van der Waals surface area contributed by atoms with E-state index in [0.29, 0.717) is 24.1 Å². The van der Waals surface area contributed by atoms with E-state index in [9.17, 15) is 4.79 Å². The van der Waals surface area contributed by atoms with Crippen molar-refractivity contribution in [3.8, 4) is 11.5 Å². The van der Waals surface area contributed by atoms with Crippen LogP contribution in [-0.2, 0) is 12.1 Å². The van der Waals surface area contributed by atoms with Gasteiger partial charge in [-0.2, -0.15) is 0 Å². The number of fused-ring (bicyclic) bond motifs is 2. The lowest BCUT2D eigenvalue weighted by Gasteiger charge is -2.36. The highest BCUT2D eigenvalue weighted by molar-refractivity contribution is 5.83. The summed E-state index contributed by atoms with van der Waals surface area (Å²) in [6, 6.07) is 6.19. The number of tetrazole rings is 1. The van der Waals surface area contributed by atoms with Gasteiger partial charge in [0.15, 0.2) is 17.3 Å². The molecular weight excluding hydrogens is 432 g/mol. The normalized spacial score (nSPS) is 17.2. The van der Waals surface area contributed by atoms with E-state index in [-0.39, 0.29) is 23.9 Å². The van der Waals surface area contributed by atoms with Crippen LogP contribution in [0, 0.1) is 0 Å². The second kappa shape index (κ2) is 9.02. The summed E-state index contributed by atoms with van der Waals surface area (Å²) in [6.07, 6.45) is 6.45. The molecule has 0 amide bonds. The molecule has 1 atom stereocenters. The van der Waals surface area contributed by atoms with Gasteiger partial charge in [-0.3, -0.25) is 9.69 Å². The molecule has 34 heavy (non-hydrogen) atoms. The van der Waals surface area contributed by atoms with E-state index in [1.165, 1.54) is 12.8 Å². The fourth-order valence-corrected chi connectivity index (χ4v) is 5.23. The standard InChI is InChI=1S/C25H34N6O3/c1-5-20(23-27-28-29-31(23)25(3,4)6-2)30(18-9-7-8-10-18)14-17-11-16-12-21-22(34-15-33-21)13-19(16)26-24(17)32/h11-13,18,20H,5-10,14-15H2,1-4H3,(H,26,32). The Morgan fingerprint density at radius 3 is 2.62 bits per heavy atom. The van der Waals surface area contributed by atoms with Crippen molar-refractivity contribution in [1.82, 2.24) is 30.1 Å². The first-order valence-electron chi connectivity index (χ1n) is 12.4. The van der Waals surface area contributed by atoms with E-state index in [2.05, 4.69) is 53.1 Å². The third-order valence-electron chi connectivity index (χ3n) is 7.58. The first kappa shape index (κ1) is 22.8. The predicted molar refractivity (Wildman–Crippen MR) is 129 cm³/mol. The van der Waals surface area contributed by atoms with Crippen molar-refractivity contribution in [1.29, 1.82) is 0 Å². The molecule has 0 spiro atoms. The van der Waals surface area contributed by atoms with Gasteiger partial charge in [0, 0.05) is 29.6 Å². The summed E-state index contributed by atoms with van der Waals surface area (Å²) in [5.74, 6) is 2.26. The smallest absolute Gasteiger partial charge is 0.252 e. The fourth-order valence-electron chi connectivity index (χ4n) is 5.23. The van der Waals surface area contributed by atoms with Crippen LogP contribution in [0.3, 0.4) is 0 Å². The van der Waals surface area contributed by atoms with E-state index in [1.807, 2.05) is 22.9 Å². The van der Waals surface area contributed by atoms with Gasteiger partial charge < -0.3 is 14.5 Å². The molecule has 9 nitrogen and oxygen atoms in total. The summed E-state index contributed by atoms with van der Waals surface area (Å²) < 4.78 is 13.0. The maximum Gasteiger partial charge on any atom is 0.252 e. The maximum absolute atomic E-state index is 13.2. The van der Waals surface area contributed by atoms with Gasteiger partial charge in [-0.25, -0.2) is 4.68 Å². The summed E-state index contributed by atoms with van der Waals surface area (Å²) >= 11 is 0. The van der Waals surface area contributed by atoms with Crippen LogP contribution in [0.2, 0.25) is 0 Å². The summed E-state index contributed by atoms with van der Waals surface area (Å²) in [5.41, 5.74) is 1.24. The third-order valence-corrected chi connectivity index (χ3v) is 7.58. The van der Waals surface area contributed by atoms with Crippen LogP contribution in [0.25, 0.3) is 10.9 Å². The molecule has 1 fully saturated rings. The Morgan fingerprint density at radius 1 is 1.18 bits per heavy atom. The van der Waals surface area contributed by atoms with Crippen molar-refractivity contribution in [2.75, 3.05) is 6.79 Å². The number of aromatic amines is 1. The van der Waals surface area contributed by atoms with Crippen LogP contribution >= 0.6 is 0 Å². The zero-order valence-electron chi connectivity index (χ0n) is 20.5. The van der Waals surface area contributed by atoms with Gasteiger partial charge in [0.25, 0.3) is 5.56 Å². The first-order chi connectivity index (χ1) is 16.4. The molecule has 2 aliphatic rings. The molecule has 3 aromatic rings. The number of pyridine rings is 1. The molecule has 3 heterocycles. The quantitative estimate of drug-likeness (QED) is 0.529. The molecule has 0 radical (unpaired) electrons. The van der Waals surface area contributed by atoms with Gasteiger partial charge in [-0.15, -0.1) is 5.10 Å². The average molecular weight is 467 g/mol. The molecule has 1 aliphatic carbocycles. The lowest BCUT2D eigenvalue weighted by atomic mass is 10.00. The second-order valence-corrected chi connectivity index (χ2v) is 10.1. The Balaban J connectivity index is 1.54. The zero-order valence-corrected chi connectivity index (χ0v) is 20.5. The number of nitrogens with one attached hydrogen (secondary N) is 1. The van der Waals surface area contributed by atoms with E-state index in [4.69, 9.17) is 9.47 Å². The van der Waals surface area contributed by atoms with Crippen LogP contribution in [0.5, 0.6) is 11.5 Å². The molecule has 2 aromatic heterocycles. The molecule has 1 unspecified atom stereocenters. The van der Waals surface area contributed by atoms with Crippen LogP contribution in [0.15, 0.2) is 23.0 Å². The Labute approximate surface area is 199 Å². The number of ether oxygens (including phenoxy) is 2. The minimum Gasteiger partial charge on any atom is -0.454 e. The lowest BCUT2D eigenvalue weighted by Crippen LogP contribution is -2.40. The van der Waals surface area contributed by atoms with Crippen LogP contribution in [0.4, 0.5) is 0 Å². The highest BCUT2D eigenvalue weighted by atomic mass is 16.7. The van der Waals surface area contributed by atoms with Gasteiger partial charge in [0.2, 0.25) is 6.79 Å². The number of H-pyrrole nitrogens is 1. The maximum atomic E-state index is 13.2. The number of benzene rings is 1. The van der Waals surface area contributed by atoms with E-state index in [1.54, 1.807) is 0 Å². The molecular formula is C25H34N6O3. The zero-order chi connectivity index (χ0) is 23.9. The highest BCUT2D eigenvalue weighted by Crippen LogP contribution is 2.37. The topological polar surface area (TPSA) is 98.2 Å². The number of hydrogen-bond donors (Lipinski definition) is 1. The molecule has 1 aliphatic heterocycles. The van der Waals surface area contributed by atoms with Gasteiger partial charge >= 0.3 is 0 Å². The molecule has 1 aromatic carbocycles. The fraction of sp³-hybridized carbons (Fsp3) is 0.600. The van der Waals surface area contributed by atoms with Gasteiger partial charge in [0.05, 0.1) is 17.1 Å². The van der Waals surface area contributed by atoms with Crippen LogP contribution in [0.1, 0.15) is 83.6 Å². The third kappa shape index (κ3) is 4.06. The van der Waals surface area contributed by atoms with Crippen molar-refractivity contribution in [3.05, 3.63) is 39.9 Å². The average Bonchev–Trinajstić information content (AvgIpc) is 3.59. The SMILES string of the molecule is CCC(c1nnnn1C(C)(C)CC)N(Cc1cc2cc3c(cc2[nH]c1=O)OCO3)C1CCCC1. The molecule has 182 valence electrons. The van der Waals surface area contributed by atoms with Crippen molar-refractivity contribution in [2.45, 2.75) is 90.4 Å². The Bertz CT molecular complexity index is 1230. The van der Waals surface area contributed by atoms with Gasteiger partial charge in [0.1, 0.15) is 0 Å². The molecule has 0 bridgehead atoms. The number of rotatable bonds is 8. The number of hydrogen-bond acceptors (Lipinski definition) is 7. The first-order valence-corrected chi connectivity index (χ1v) is 12.4. The summed E-state index contributed by atoms with van der Waals surface area (Å²) in [5, 5.41) is 13.9.